The van der Waals surface area contributed by atoms with E-state index >= 15 is 0 Å². The summed E-state index contributed by atoms with van der Waals surface area (Å²) in [5.74, 6) is -0.813. The quantitative estimate of drug-likeness (QED) is 0.664. The molecule has 0 aliphatic heterocycles. The third-order valence-corrected chi connectivity index (χ3v) is 2.70. The summed E-state index contributed by atoms with van der Waals surface area (Å²) in [6, 6.07) is 0.916. The number of ether oxygens (including phenoxy) is 1. The number of rotatable bonds is 2. The van der Waals surface area contributed by atoms with Crippen molar-refractivity contribution in [2.45, 2.75) is 6.43 Å². The molecule has 0 aliphatic carbocycles. The van der Waals surface area contributed by atoms with Crippen LogP contribution in [0.4, 0.5) is 8.78 Å². The molecule has 1 N–H and O–H groups in total. The van der Waals surface area contributed by atoms with Crippen LogP contribution in [0.25, 0.3) is 0 Å². The van der Waals surface area contributed by atoms with Gasteiger partial charge in [0.25, 0.3) is 12.0 Å². The van der Waals surface area contributed by atoms with Crippen LogP contribution in [0.5, 0.6) is 0 Å². The highest BCUT2D eigenvalue weighted by molar-refractivity contribution is 14.1. The van der Waals surface area contributed by atoms with E-state index in [0.29, 0.717) is 0 Å². The van der Waals surface area contributed by atoms with Crippen LogP contribution < -0.4 is 5.56 Å². The molecule has 82 valence electrons. The summed E-state index contributed by atoms with van der Waals surface area (Å²) in [6.45, 7) is 0. The predicted molar refractivity (Wildman–Crippen MR) is 56.1 cm³/mol. The van der Waals surface area contributed by atoms with E-state index in [9.17, 15) is 18.4 Å². The van der Waals surface area contributed by atoms with Gasteiger partial charge in [-0.2, -0.15) is 0 Å². The lowest BCUT2D eigenvalue weighted by molar-refractivity contribution is 0.0598. The number of aromatic amines is 1. The Balaban J connectivity index is 3.38. The molecular formula is C8H6F2INO3. The van der Waals surface area contributed by atoms with Gasteiger partial charge in [0.1, 0.15) is 0 Å². The Morgan fingerprint density at radius 3 is 2.67 bits per heavy atom. The number of esters is 1. The molecule has 0 unspecified atom stereocenters. The van der Waals surface area contributed by atoms with Gasteiger partial charge in [0, 0.05) is 0 Å². The van der Waals surface area contributed by atoms with Crippen molar-refractivity contribution in [3.63, 3.8) is 0 Å². The molecule has 1 heterocycles. The normalized spacial score (nSPS) is 10.5. The molecule has 15 heavy (non-hydrogen) atoms. The summed E-state index contributed by atoms with van der Waals surface area (Å²) in [7, 11) is 1.11. The van der Waals surface area contributed by atoms with E-state index in [0.717, 1.165) is 13.2 Å². The number of carbonyl (C=O) groups excluding carboxylic acids is 1. The molecular weight excluding hydrogens is 323 g/mol. The van der Waals surface area contributed by atoms with E-state index in [1.165, 1.54) is 0 Å². The molecule has 0 saturated carbocycles. The van der Waals surface area contributed by atoms with Crippen molar-refractivity contribution in [1.29, 1.82) is 0 Å². The topological polar surface area (TPSA) is 59.2 Å². The van der Waals surface area contributed by atoms with Crippen molar-refractivity contribution in [2.24, 2.45) is 0 Å². The monoisotopic (exact) mass is 329 g/mol. The van der Waals surface area contributed by atoms with Gasteiger partial charge in [-0.1, -0.05) is 0 Å². The second kappa shape index (κ2) is 4.69. The maximum absolute atomic E-state index is 12.3. The van der Waals surface area contributed by atoms with Crippen LogP contribution in [0.15, 0.2) is 10.9 Å². The number of hydrogen-bond acceptors (Lipinski definition) is 3. The van der Waals surface area contributed by atoms with E-state index in [4.69, 9.17) is 0 Å². The standard InChI is InChI=1S/C8H6F2INO3/c1-15-8(14)3-2-4(6(9)10)12-7(13)5(3)11/h2,6H,1H3,(H,12,13). The lowest BCUT2D eigenvalue weighted by atomic mass is 10.2. The maximum Gasteiger partial charge on any atom is 0.339 e. The molecule has 0 aliphatic rings. The summed E-state index contributed by atoms with van der Waals surface area (Å²) < 4.78 is 29.0. The van der Waals surface area contributed by atoms with Crippen LogP contribution in [-0.2, 0) is 4.74 Å². The zero-order valence-corrected chi connectivity index (χ0v) is 9.67. The molecule has 0 saturated heterocycles. The third kappa shape index (κ3) is 2.52. The lowest BCUT2D eigenvalue weighted by Gasteiger charge is -2.04. The van der Waals surface area contributed by atoms with Gasteiger partial charge in [-0.25, -0.2) is 13.6 Å². The molecule has 0 spiro atoms. The van der Waals surface area contributed by atoms with Crippen LogP contribution in [0.2, 0.25) is 0 Å². The predicted octanol–water partition coefficient (Wildman–Crippen LogP) is 1.70. The number of methoxy groups -OCH3 is 1. The Kier molecular flexibility index (Phi) is 3.77. The number of alkyl halides is 2. The van der Waals surface area contributed by atoms with Gasteiger partial charge in [0.05, 0.1) is 21.9 Å². The summed E-state index contributed by atoms with van der Waals surface area (Å²) in [6.07, 6.45) is -2.84. The molecule has 1 rings (SSSR count). The van der Waals surface area contributed by atoms with Crippen LogP contribution >= 0.6 is 22.6 Å². The van der Waals surface area contributed by atoms with Gasteiger partial charge in [-0.15, -0.1) is 0 Å². The fourth-order valence-electron chi connectivity index (χ4n) is 0.939. The summed E-state index contributed by atoms with van der Waals surface area (Å²) in [5.41, 5.74) is -1.48. The van der Waals surface area contributed by atoms with Gasteiger partial charge in [0.2, 0.25) is 0 Å². The van der Waals surface area contributed by atoms with Crippen LogP contribution in [0.1, 0.15) is 22.5 Å². The number of nitrogens with one attached hydrogen (secondary N) is 1. The largest absolute Gasteiger partial charge is 0.465 e. The van der Waals surface area contributed by atoms with Crippen LogP contribution in [0, 0.1) is 3.57 Å². The Hall–Kier alpha value is -0.990. The maximum atomic E-state index is 12.3. The van der Waals surface area contributed by atoms with E-state index in [1.54, 1.807) is 22.6 Å². The number of carbonyl (C=O) groups is 1. The van der Waals surface area contributed by atoms with Gasteiger partial charge >= 0.3 is 5.97 Å². The zero-order chi connectivity index (χ0) is 11.6. The minimum absolute atomic E-state index is 0.0313. The first-order valence-corrected chi connectivity index (χ1v) is 4.84. The molecule has 4 nitrogen and oxygen atoms in total. The molecule has 0 radical (unpaired) electrons. The van der Waals surface area contributed by atoms with Crippen molar-refractivity contribution >= 4 is 28.6 Å². The summed E-state index contributed by atoms with van der Waals surface area (Å²) in [4.78, 5) is 24.3. The van der Waals surface area contributed by atoms with Gasteiger partial charge in [0.15, 0.2) is 0 Å². The second-order valence-electron chi connectivity index (χ2n) is 2.57. The van der Waals surface area contributed by atoms with Crippen molar-refractivity contribution < 1.29 is 18.3 Å². The Labute approximate surface area is 96.8 Å². The Bertz CT molecular complexity index is 444. The highest BCUT2D eigenvalue weighted by Gasteiger charge is 2.18. The van der Waals surface area contributed by atoms with E-state index < -0.39 is 23.6 Å². The Morgan fingerprint density at radius 1 is 1.60 bits per heavy atom. The molecule has 0 bridgehead atoms. The van der Waals surface area contributed by atoms with E-state index in [1.807, 2.05) is 4.98 Å². The van der Waals surface area contributed by atoms with Gasteiger partial charge in [-0.3, -0.25) is 4.79 Å². The molecule has 7 heteroatoms. The molecule has 0 aromatic carbocycles. The number of pyridine rings is 1. The number of H-pyrrole nitrogens is 1. The highest BCUT2D eigenvalue weighted by Crippen LogP contribution is 2.18. The average molecular weight is 329 g/mol. The molecule has 1 aromatic heterocycles. The first kappa shape index (κ1) is 12.1. The smallest absolute Gasteiger partial charge is 0.339 e. The molecule has 0 atom stereocenters. The fraction of sp³-hybridized carbons (Fsp3) is 0.250. The van der Waals surface area contributed by atoms with Gasteiger partial charge < -0.3 is 9.72 Å². The van der Waals surface area contributed by atoms with E-state index in [2.05, 4.69) is 4.74 Å². The number of halogens is 3. The van der Waals surface area contributed by atoms with Crippen molar-refractivity contribution in [1.82, 2.24) is 4.98 Å². The van der Waals surface area contributed by atoms with Gasteiger partial charge in [-0.05, 0) is 28.7 Å². The van der Waals surface area contributed by atoms with Crippen molar-refractivity contribution in [3.05, 3.63) is 31.2 Å². The van der Waals surface area contributed by atoms with E-state index in [-0.39, 0.29) is 9.13 Å². The van der Waals surface area contributed by atoms with Crippen LogP contribution in [-0.4, -0.2) is 18.1 Å². The van der Waals surface area contributed by atoms with Crippen LogP contribution in [0.3, 0.4) is 0 Å². The van der Waals surface area contributed by atoms with Crippen molar-refractivity contribution in [2.75, 3.05) is 7.11 Å². The molecule has 1 aromatic rings. The summed E-state index contributed by atoms with van der Waals surface area (Å²) in [5, 5.41) is 0. The first-order valence-electron chi connectivity index (χ1n) is 3.76. The molecule has 0 amide bonds. The zero-order valence-electron chi connectivity index (χ0n) is 7.51. The minimum atomic E-state index is -2.84. The fourth-order valence-corrected chi connectivity index (χ4v) is 1.45. The Morgan fingerprint density at radius 2 is 2.20 bits per heavy atom. The second-order valence-corrected chi connectivity index (χ2v) is 3.65. The number of hydrogen-bond donors (Lipinski definition) is 1. The summed E-state index contributed by atoms with van der Waals surface area (Å²) >= 11 is 1.59. The SMILES string of the molecule is COC(=O)c1cc(C(F)F)[nH]c(=O)c1I. The molecule has 0 fully saturated rings. The third-order valence-electron chi connectivity index (χ3n) is 1.63. The number of aromatic nitrogens is 1. The first-order chi connectivity index (χ1) is 6.97. The average Bonchev–Trinajstić information content (AvgIpc) is 2.20. The minimum Gasteiger partial charge on any atom is -0.465 e. The highest BCUT2D eigenvalue weighted by atomic mass is 127. The van der Waals surface area contributed by atoms with Crippen molar-refractivity contribution in [3.8, 4) is 0 Å². The lowest BCUT2D eigenvalue weighted by Crippen LogP contribution is -2.18.